The lowest BCUT2D eigenvalue weighted by atomic mass is 9.77. The maximum atomic E-state index is 13.2. The van der Waals surface area contributed by atoms with Gasteiger partial charge in [0.05, 0.1) is 37.7 Å². The Hall–Kier alpha value is -2.23. The highest BCUT2D eigenvalue weighted by molar-refractivity contribution is 6.02. The maximum absolute atomic E-state index is 13.2. The van der Waals surface area contributed by atoms with E-state index in [0.717, 1.165) is 39.3 Å². The number of ether oxygens (including phenoxy) is 2. The van der Waals surface area contributed by atoms with Crippen molar-refractivity contribution in [2.75, 3.05) is 50.8 Å². The van der Waals surface area contributed by atoms with E-state index in [4.69, 9.17) is 14.0 Å². The van der Waals surface area contributed by atoms with Crippen LogP contribution >= 0.6 is 0 Å². The molecule has 9 nitrogen and oxygen atoms in total. The van der Waals surface area contributed by atoms with Gasteiger partial charge in [-0.05, 0) is 19.9 Å². The van der Waals surface area contributed by atoms with Gasteiger partial charge >= 0.3 is 0 Å². The average molecular weight is 402 g/mol. The number of hydrogen-bond donors (Lipinski definition) is 1. The van der Waals surface area contributed by atoms with Crippen molar-refractivity contribution in [1.82, 2.24) is 15.4 Å². The molecule has 0 aliphatic carbocycles. The molecule has 0 saturated carbocycles. The van der Waals surface area contributed by atoms with Crippen molar-refractivity contribution in [2.24, 2.45) is 11.8 Å². The van der Waals surface area contributed by atoms with Crippen LogP contribution < -0.4 is 10.2 Å². The fourth-order valence-corrected chi connectivity index (χ4v) is 4.93. The Morgan fingerprint density at radius 3 is 2.97 bits per heavy atom. The van der Waals surface area contributed by atoms with Crippen LogP contribution in [0.5, 0.6) is 0 Å². The van der Waals surface area contributed by atoms with E-state index in [9.17, 15) is 9.59 Å². The Labute approximate surface area is 169 Å². The van der Waals surface area contributed by atoms with Gasteiger partial charge in [-0.15, -0.1) is 0 Å². The first-order chi connectivity index (χ1) is 14.1. The minimum absolute atomic E-state index is 0.111. The number of rotatable bonds is 6. The summed E-state index contributed by atoms with van der Waals surface area (Å²) < 4.78 is 16.6. The number of aryl methyl sites for hydroxylation is 1. The highest BCUT2D eigenvalue weighted by atomic mass is 16.5. The smallest absolute Gasteiger partial charge is 0.235 e. The third-order valence-electron chi connectivity index (χ3n) is 6.35. The normalized spacial score (nSPS) is 33.5. The van der Waals surface area contributed by atoms with E-state index in [2.05, 4.69) is 15.4 Å². The SMILES string of the molecule is Cc1cc(N2C[C@]34C=C[C@@H](O3)[C@@H](C(=O)NCCCN3CCOCC3)[C@H]4C2=O)no1. The molecular formula is C20H26N4O5. The molecule has 1 N–H and O–H groups in total. The molecule has 5 rings (SSSR count). The molecule has 1 spiro atoms. The lowest BCUT2D eigenvalue weighted by molar-refractivity contribution is -0.131. The van der Waals surface area contributed by atoms with Crippen LogP contribution in [0.25, 0.3) is 0 Å². The minimum Gasteiger partial charge on any atom is -0.379 e. The average Bonchev–Trinajstić information content (AvgIpc) is 3.47. The van der Waals surface area contributed by atoms with Gasteiger partial charge in [0, 0.05) is 25.7 Å². The standard InChI is InChI=1S/C20H26N4O5/c1-13-11-15(22-29-13)24-12-20-4-3-14(28-20)16(17(20)19(24)26)18(25)21-5-2-6-23-7-9-27-10-8-23/h3-4,11,14,16-17H,2,5-10,12H2,1H3,(H,21,25)/t14-,16-,17+,20+/m1/s1. The molecule has 0 aromatic carbocycles. The van der Waals surface area contributed by atoms with Crippen molar-refractivity contribution in [3.63, 3.8) is 0 Å². The molecule has 0 radical (unpaired) electrons. The van der Waals surface area contributed by atoms with Crippen molar-refractivity contribution >= 4 is 17.6 Å². The number of nitrogens with zero attached hydrogens (tertiary/aromatic N) is 3. The second-order valence-electron chi connectivity index (χ2n) is 8.22. The number of anilines is 1. The van der Waals surface area contributed by atoms with E-state index in [1.807, 2.05) is 12.2 Å². The zero-order valence-electron chi connectivity index (χ0n) is 16.5. The Bertz CT molecular complexity index is 833. The van der Waals surface area contributed by atoms with Gasteiger partial charge in [0.15, 0.2) is 5.82 Å². The predicted molar refractivity (Wildman–Crippen MR) is 102 cm³/mol. The van der Waals surface area contributed by atoms with Crippen LogP contribution in [0.3, 0.4) is 0 Å². The number of aromatic nitrogens is 1. The van der Waals surface area contributed by atoms with Crippen LogP contribution in [0, 0.1) is 18.8 Å². The minimum atomic E-state index is -0.746. The Kier molecular flexibility index (Phi) is 4.68. The van der Waals surface area contributed by atoms with E-state index in [-0.39, 0.29) is 17.9 Å². The number of carbonyl (C=O) groups is 2. The molecule has 5 heterocycles. The van der Waals surface area contributed by atoms with Gasteiger partial charge in [0.1, 0.15) is 11.4 Å². The van der Waals surface area contributed by atoms with Crippen LogP contribution in [0.15, 0.2) is 22.7 Å². The van der Waals surface area contributed by atoms with Crippen molar-refractivity contribution in [2.45, 2.75) is 25.0 Å². The largest absolute Gasteiger partial charge is 0.379 e. The number of carbonyl (C=O) groups excluding carboxylic acids is 2. The van der Waals surface area contributed by atoms with Gasteiger partial charge in [-0.25, -0.2) is 0 Å². The fourth-order valence-electron chi connectivity index (χ4n) is 4.93. The molecule has 3 saturated heterocycles. The van der Waals surface area contributed by atoms with Crippen molar-refractivity contribution in [3.8, 4) is 0 Å². The lowest BCUT2D eigenvalue weighted by Gasteiger charge is -2.27. The second-order valence-corrected chi connectivity index (χ2v) is 8.22. The third-order valence-corrected chi connectivity index (χ3v) is 6.35. The van der Waals surface area contributed by atoms with Crippen molar-refractivity contribution < 1.29 is 23.6 Å². The molecule has 4 aliphatic rings. The highest BCUT2D eigenvalue weighted by Gasteiger charge is 2.67. The number of hydrogen-bond acceptors (Lipinski definition) is 7. The molecule has 4 atom stereocenters. The molecule has 0 unspecified atom stereocenters. The first-order valence-electron chi connectivity index (χ1n) is 10.3. The molecule has 2 bridgehead atoms. The number of nitrogens with one attached hydrogen (secondary N) is 1. The van der Waals surface area contributed by atoms with Gasteiger partial charge in [-0.2, -0.15) is 0 Å². The monoisotopic (exact) mass is 402 g/mol. The summed E-state index contributed by atoms with van der Waals surface area (Å²) in [5.41, 5.74) is -0.746. The number of morpholine rings is 1. The van der Waals surface area contributed by atoms with Crippen LogP contribution in [0.2, 0.25) is 0 Å². The molecular weight excluding hydrogens is 376 g/mol. The first-order valence-corrected chi connectivity index (χ1v) is 10.3. The summed E-state index contributed by atoms with van der Waals surface area (Å²) >= 11 is 0. The molecule has 29 heavy (non-hydrogen) atoms. The van der Waals surface area contributed by atoms with E-state index in [1.165, 1.54) is 0 Å². The Morgan fingerprint density at radius 1 is 1.38 bits per heavy atom. The van der Waals surface area contributed by atoms with Crippen LogP contribution in [-0.2, 0) is 19.1 Å². The summed E-state index contributed by atoms with van der Waals surface area (Å²) in [5.74, 6) is -0.153. The van der Waals surface area contributed by atoms with E-state index < -0.39 is 17.4 Å². The lowest BCUT2D eigenvalue weighted by Crippen LogP contribution is -2.45. The zero-order chi connectivity index (χ0) is 20.0. The maximum Gasteiger partial charge on any atom is 0.235 e. The van der Waals surface area contributed by atoms with Gasteiger partial charge in [0.2, 0.25) is 11.8 Å². The van der Waals surface area contributed by atoms with Crippen molar-refractivity contribution in [1.29, 1.82) is 0 Å². The summed E-state index contributed by atoms with van der Waals surface area (Å²) in [5, 5.41) is 6.99. The van der Waals surface area contributed by atoms with Gasteiger partial charge in [0.25, 0.3) is 0 Å². The fraction of sp³-hybridized carbons (Fsp3) is 0.650. The van der Waals surface area contributed by atoms with Crippen LogP contribution in [0.4, 0.5) is 5.82 Å². The number of amides is 2. The summed E-state index contributed by atoms with van der Waals surface area (Å²) in [4.78, 5) is 30.0. The summed E-state index contributed by atoms with van der Waals surface area (Å²) in [7, 11) is 0. The second kappa shape index (κ2) is 7.23. The Balaban J connectivity index is 1.22. The highest BCUT2D eigenvalue weighted by Crippen LogP contribution is 2.52. The third kappa shape index (κ3) is 3.17. The van der Waals surface area contributed by atoms with Crippen LogP contribution in [-0.4, -0.2) is 79.5 Å². The summed E-state index contributed by atoms with van der Waals surface area (Å²) in [6.45, 7) is 7.08. The van der Waals surface area contributed by atoms with Crippen molar-refractivity contribution in [3.05, 3.63) is 24.0 Å². The summed E-state index contributed by atoms with van der Waals surface area (Å²) in [6, 6.07) is 1.73. The quantitative estimate of drug-likeness (QED) is 0.533. The molecule has 1 aromatic heterocycles. The van der Waals surface area contributed by atoms with E-state index in [0.29, 0.717) is 24.7 Å². The van der Waals surface area contributed by atoms with Gasteiger partial charge in [-0.1, -0.05) is 17.3 Å². The molecule has 2 amide bonds. The predicted octanol–water partition coefficient (Wildman–Crippen LogP) is 0.108. The molecule has 1 aromatic rings. The summed E-state index contributed by atoms with van der Waals surface area (Å²) in [6.07, 6.45) is 4.38. The molecule has 156 valence electrons. The first kappa shape index (κ1) is 18.8. The topological polar surface area (TPSA) is 97.1 Å². The molecule has 3 fully saturated rings. The van der Waals surface area contributed by atoms with Gasteiger partial charge < -0.3 is 19.3 Å². The zero-order valence-corrected chi connectivity index (χ0v) is 16.5. The van der Waals surface area contributed by atoms with E-state index >= 15 is 0 Å². The van der Waals surface area contributed by atoms with E-state index in [1.54, 1.807) is 17.9 Å². The number of fused-ring (bicyclic) bond motifs is 1. The molecule has 9 heteroatoms. The Morgan fingerprint density at radius 2 is 2.21 bits per heavy atom. The van der Waals surface area contributed by atoms with Gasteiger partial charge in [-0.3, -0.25) is 19.4 Å². The molecule has 4 aliphatic heterocycles. The van der Waals surface area contributed by atoms with Crippen LogP contribution in [0.1, 0.15) is 12.2 Å².